The van der Waals surface area contributed by atoms with Crippen LogP contribution in [0.4, 0.5) is 0 Å². The fraction of sp³-hybridized carbons (Fsp3) is 0.533. The van der Waals surface area contributed by atoms with Crippen LogP contribution in [0.25, 0.3) is 0 Å². The van der Waals surface area contributed by atoms with E-state index in [1.807, 2.05) is 6.92 Å². The first-order chi connectivity index (χ1) is 7.97. The first kappa shape index (κ1) is 15.7. The molecule has 17 heavy (non-hydrogen) atoms. The van der Waals surface area contributed by atoms with Gasteiger partial charge in [0.1, 0.15) is 0 Å². The monoisotopic (exact) mass is 236 g/mol. The van der Waals surface area contributed by atoms with E-state index in [1.54, 1.807) is 13.0 Å². The molecule has 0 saturated heterocycles. The van der Waals surface area contributed by atoms with Crippen LogP contribution < -0.4 is 0 Å². The molecule has 0 heterocycles. The summed E-state index contributed by atoms with van der Waals surface area (Å²) in [4.78, 5) is 11.3. The number of carbonyl (C=O) groups excluding carboxylic acids is 1. The van der Waals surface area contributed by atoms with Crippen LogP contribution in [0, 0.1) is 0 Å². The van der Waals surface area contributed by atoms with Crippen molar-refractivity contribution in [3.8, 4) is 0 Å². The van der Waals surface area contributed by atoms with Crippen molar-refractivity contribution in [2.45, 2.75) is 47.0 Å². The number of rotatable bonds is 7. The summed E-state index contributed by atoms with van der Waals surface area (Å²) in [5.41, 5.74) is 3.11. The minimum atomic E-state index is -0.232. The van der Waals surface area contributed by atoms with Crippen molar-refractivity contribution in [1.82, 2.24) is 0 Å². The highest BCUT2D eigenvalue weighted by Crippen LogP contribution is 2.09. The highest BCUT2D eigenvalue weighted by atomic mass is 16.5. The van der Waals surface area contributed by atoms with Crippen molar-refractivity contribution in [3.05, 3.63) is 35.5 Å². The van der Waals surface area contributed by atoms with Crippen LogP contribution >= 0.6 is 0 Å². The molecule has 0 spiro atoms. The molecule has 2 heteroatoms. The standard InChI is InChI=1S/C15H24O2/c1-6-14(5)15(16)17-11-10-13(4)9-7-8-12(2)3/h6,8H,4,7,9-11H2,1-3,5H3/b14-6+. The predicted molar refractivity (Wildman–Crippen MR) is 72.8 cm³/mol. The first-order valence-electron chi connectivity index (χ1n) is 6.07. The molecule has 96 valence electrons. The van der Waals surface area contributed by atoms with Gasteiger partial charge in [-0.15, -0.1) is 0 Å². The maximum Gasteiger partial charge on any atom is 0.333 e. The lowest BCUT2D eigenvalue weighted by Gasteiger charge is -2.06. The van der Waals surface area contributed by atoms with Crippen molar-refractivity contribution in [3.63, 3.8) is 0 Å². The van der Waals surface area contributed by atoms with Crippen LogP contribution in [0.3, 0.4) is 0 Å². The van der Waals surface area contributed by atoms with Gasteiger partial charge < -0.3 is 4.74 Å². The minimum absolute atomic E-state index is 0.232. The Kier molecular flexibility index (Phi) is 8.12. The molecule has 0 rings (SSSR count). The van der Waals surface area contributed by atoms with E-state index in [-0.39, 0.29) is 5.97 Å². The SMILES string of the molecule is C=C(CCC=C(C)C)CCOC(=O)/C(C)=C/C. The second-order valence-corrected chi connectivity index (χ2v) is 4.43. The Labute approximate surface area is 105 Å². The van der Waals surface area contributed by atoms with Gasteiger partial charge >= 0.3 is 5.97 Å². The van der Waals surface area contributed by atoms with Crippen molar-refractivity contribution in [2.24, 2.45) is 0 Å². The van der Waals surface area contributed by atoms with Crippen molar-refractivity contribution in [1.29, 1.82) is 0 Å². The quantitative estimate of drug-likeness (QED) is 0.376. The van der Waals surface area contributed by atoms with Gasteiger partial charge in [-0.2, -0.15) is 0 Å². The Balaban J connectivity index is 3.72. The molecule has 0 radical (unpaired) electrons. The van der Waals surface area contributed by atoms with Crippen molar-refractivity contribution >= 4 is 5.97 Å². The van der Waals surface area contributed by atoms with Crippen LogP contribution in [-0.4, -0.2) is 12.6 Å². The van der Waals surface area contributed by atoms with Gasteiger partial charge in [0, 0.05) is 12.0 Å². The topological polar surface area (TPSA) is 26.3 Å². The van der Waals surface area contributed by atoms with Crippen molar-refractivity contribution in [2.75, 3.05) is 6.61 Å². The third-order valence-electron chi connectivity index (χ3n) is 2.49. The van der Waals surface area contributed by atoms with E-state index in [0.717, 1.165) is 24.8 Å². The zero-order valence-electron chi connectivity index (χ0n) is 11.5. The number of hydrogen-bond donors (Lipinski definition) is 0. The van der Waals surface area contributed by atoms with Crippen molar-refractivity contribution < 1.29 is 9.53 Å². The Hall–Kier alpha value is -1.31. The molecule has 0 bridgehead atoms. The van der Waals surface area contributed by atoms with E-state index in [4.69, 9.17) is 4.74 Å². The van der Waals surface area contributed by atoms with Crippen LogP contribution in [0.5, 0.6) is 0 Å². The fourth-order valence-corrected chi connectivity index (χ4v) is 1.21. The largest absolute Gasteiger partial charge is 0.462 e. The van der Waals surface area contributed by atoms with Gasteiger partial charge in [0.15, 0.2) is 0 Å². The Morgan fingerprint density at radius 1 is 1.24 bits per heavy atom. The molecular weight excluding hydrogens is 212 g/mol. The second kappa shape index (κ2) is 8.80. The number of carbonyl (C=O) groups is 1. The first-order valence-corrected chi connectivity index (χ1v) is 6.07. The van der Waals surface area contributed by atoms with Crippen LogP contribution in [0.2, 0.25) is 0 Å². The Morgan fingerprint density at radius 2 is 1.88 bits per heavy atom. The molecule has 0 aliphatic rings. The summed E-state index contributed by atoms with van der Waals surface area (Å²) in [7, 11) is 0. The van der Waals surface area contributed by atoms with Gasteiger partial charge in [-0.05, 0) is 40.5 Å². The summed E-state index contributed by atoms with van der Waals surface area (Å²) in [5.74, 6) is -0.232. The minimum Gasteiger partial charge on any atom is -0.462 e. The molecule has 0 N–H and O–H groups in total. The third kappa shape index (κ3) is 8.49. The lowest BCUT2D eigenvalue weighted by Crippen LogP contribution is -2.07. The van der Waals surface area contributed by atoms with Gasteiger partial charge in [-0.3, -0.25) is 0 Å². The van der Waals surface area contributed by atoms with Gasteiger partial charge in [0.05, 0.1) is 6.61 Å². The van der Waals surface area contributed by atoms with Gasteiger partial charge in [-0.1, -0.05) is 29.9 Å². The van der Waals surface area contributed by atoms with E-state index in [9.17, 15) is 4.79 Å². The van der Waals surface area contributed by atoms with E-state index >= 15 is 0 Å². The van der Waals surface area contributed by atoms with E-state index in [1.165, 1.54) is 5.57 Å². The zero-order valence-corrected chi connectivity index (χ0v) is 11.5. The van der Waals surface area contributed by atoms with E-state index in [2.05, 4.69) is 26.5 Å². The second-order valence-electron chi connectivity index (χ2n) is 4.43. The average Bonchev–Trinajstić information content (AvgIpc) is 2.27. The summed E-state index contributed by atoms with van der Waals surface area (Å²) >= 11 is 0. The molecule has 2 nitrogen and oxygen atoms in total. The summed E-state index contributed by atoms with van der Waals surface area (Å²) in [6.07, 6.45) is 6.68. The lowest BCUT2D eigenvalue weighted by molar-refractivity contribution is -0.138. The normalized spacial score (nSPS) is 10.9. The Morgan fingerprint density at radius 3 is 2.41 bits per heavy atom. The maximum absolute atomic E-state index is 11.3. The smallest absolute Gasteiger partial charge is 0.333 e. The number of ether oxygens (including phenoxy) is 1. The van der Waals surface area contributed by atoms with Crippen LogP contribution in [-0.2, 0) is 9.53 Å². The molecule has 0 aliphatic heterocycles. The molecule has 0 aromatic carbocycles. The molecule has 0 aliphatic carbocycles. The van der Waals surface area contributed by atoms with E-state index < -0.39 is 0 Å². The van der Waals surface area contributed by atoms with E-state index in [0.29, 0.717) is 12.2 Å². The molecule has 0 aromatic heterocycles. The number of hydrogen-bond acceptors (Lipinski definition) is 2. The summed E-state index contributed by atoms with van der Waals surface area (Å²) in [6.45, 7) is 12.2. The molecule has 0 fully saturated rings. The summed E-state index contributed by atoms with van der Waals surface area (Å²) in [6, 6.07) is 0. The molecular formula is C15H24O2. The molecule has 0 amide bonds. The Bertz CT molecular complexity index is 318. The molecule has 0 atom stereocenters. The number of esters is 1. The van der Waals surface area contributed by atoms with Crippen LogP contribution in [0.1, 0.15) is 47.0 Å². The van der Waals surface area contributed by atoms with Gasteiger partial charge in [0.25, 0.3) is 0 Å². The maximum atomic E-state index is 11.3. The van der Waals surface area contributed by atoms with Gasteiger partial charge in [0.2, 0.25) is 0 Å². The predicted octanol–water partition coefficient (Wildman–Crippen LogP) is 4.19. The van der Waals surface area contributed by atoms with Crippen LogP contribution in [0.15, 0.2) is 35.5 Å². The highest BCUT2D eigenvalue weighted by molar-refractivity contribution is 5.87. The zero-order chi connectivity index (χ0) is 13.3. The third-order valence-corrected chi connectivity index (χ3v) is 2.49. The molecule has 0 saturated carbocycles. The lowest BCUT2D eigenvalue weighted by atomic mass is 10.1. The molecule has 0 aromatic rings. The summed E-state index contributed by atoms with van der Waals surface area (Å²) < 4.78 is 5.11. The fourth-order valence-electron chi connectivity index (χ4n) is 1.21. The average molecular weight is 236 g/mol. The summed E-state index contributed by atoms with van der Waals surface area (Å²) in [5, 5.41) is 0. The number of allylic oxidation sites excluding steroid dienone is 3. The van der Waals surface area contributed by atoms with Gasteiger partial charge in [-0.25, -0.2) is 4.79 Å². The molecule has 0 unspecified atom stereocenters. The highest BCUT2D eigenvalue weighted by Gasteiger charge is 2.04.